The Kier molecular flexibility index (Phi) is 7.37. The number of carbonyl (C=O) groups excluding carboxylic acids is 2. The van der Waals surface area contributed by atoms with Crippen molar-refractivity contribution in [1.82, 2.24) is 14.7 Å². The Bertz CT molecular complexity index is 1530. The Morgan fingerprint density at radius 2 is 1.64 bits per heavy atom. The quantitative estimate of drug-likeness (QED) is 0.341. The number of halogens is 1. The molecule has 0 atom stereocenters. The normalized spacial score (nSPS) is 13.2. The molecule has 1 saturated heterocycles. The summed E-state index contributed by atoms with van der Waals surface area (Å²) < 4.78 is 20.3. The van der Waals surface area contributed by atoms with Gasteiger partial charge in [0.1, 0.15) is 5.82 Å². The average Bonchev–Trinajstić information content (AvgIpc) is 3.43. The summed E-state index contributed by atoms with van der Waals surface area (Å²) >= 11 is 0. The van der Waals surface area contributed by atoms with Crippen LogP contribution in [0.3, 0.4) is 0 Å². The van der Waals surface area contributed by atoms with Crippen molar-refractivity contribution in [2.24, 2.45) is 0 Å². The van der Waals surface area contributed by atoms with E-state index >= 15 is 0 Å². The Morgan fingerprint density at radius 3 is 2.31 bits per heavy atom. The van der Waals surface area contributed by atoms with Crippen LogP contribution in [0.2, 0.25) is 0 Å². The Hall–Kier alpha value is -4.97. The summed E-state index contributed by atoms with van der Waals surface area (Å²) in [5, 5.41) is 13.5. The van der Waals surface area contributed by atoms with Crippen molar-refractivity contribution in [3.05, 3.63) is 102 Å². The molecule has 1 aromatic heterocycles. The number of benzene rings is 3. The van der Waals surface area contributed by atoms with Crippen LogP contribution in [0.4, 0.5) is 10.1 Å². The molecule has 4 aromatic rings. The van der Waals surface area contributed by atoms with Crippen LogP contribution < -0.4 is 4.90 Å². The number of esters is 1. The molecule has 3 aromatic carbocycles. The fourth-order valence-corrected chi connectivity index (χ4v) is 4.59. The van der Waals surface area contributed by atoms with E-state index in [2.05, 4.69) is 16.1 Å². The third-order valence-electron chi connectivity index (χ3n) is 6.60. The summed E-state index contributed by atoms with van der Waals surface area (Å²) in [5.41, 5.74) is 4.29. The lowest BCUT2D eigenvalue weighted by Gasteiger charge is -2.36. The fraction of sp³-hybridized carbons (Fsp3) is 0.200. The van der Waals surface area contributed by atoms with Gasteiger partial charge in [-0.25, -0.2) is 13.9 Å². The van der Waals surface area contributed by atoms with Crippen molar-refractivity contribution in [2.75, 3.05) is 37.7 Å². The van der Waals surface area contributed by atoms with Crippen LogP contribution in [0, 0.1) is 17.1 Å². The molecule has 0 unspecified atom stereocenters. The number of hydrogen-bond donors (Lipinski definition) is 0. The highest BCUT2D eigenvalue weighted by atomic mass is 19.1. The molecule has 5 rings (SSSR count). The van der Waals surface area contributed by atoms with Gasteiger partial charge in [-0.2, -0.15) is 10.4 Å². The first-order chi connectivity index (χ1) is 19.0. The van der Waals surface area contributed by atoms with E-state index in [9.17, 15) is 14.0 Å². The molecular weight excluding hydrogens is 497 g/mol. The van der Waals surface area contributed by atoms with Gasteiger partial charge in [0.05, 0.1) is 29.6 Å². The molecule has 8 nitrogen and oxygen atoms in total. The van der Waals surface area contributed by atoms with E-state index in [0.717, 1.165) is 11.3 Å². The standard InChI is InChI=1S/C30H26FN5O3/c1-2-39-30(38)27-19-28(36(33-27)26-12-8-24(31)9-13-26)22-6-10-25(11-7-22)34-14-16-35(17-15-34)29(37)23-5-3-4-21(18-23)20-32/h3-13,18-19H,2,14-17H2,1H3. The molecule has 196 valence electrons. The summed E-state index contributed by atoms with van der Waals surface area (Å²) in [6, 6.07) is 24.3. The summed E-state index contributed by atoms with van der Waals surface area (Å²) in [5.74, 6) is -0.962. The number of anilines is 1. The van der Waals surface area contributed by atoms with Crippen molar-refractivity contribution in [2.45, 2.75) is 6.92 Å². The van der Waals surface area contributed by atoms with Crippen LogP contribution in [-0.2, 0) is 4.74 Å². The zero-order valence-corrected chi connectivity index (χ0v) is 21.4. The lowest BCUT2D eigenvalue weighted by Crippen LogP contribution is -2.48. The van der Waals surface area contributed by atoms with Crippen molar-refractivity contribution in [3.63, 3.8) is 0 Å². The minimum absolute atomic E-state index is 0.0754. The number of amides is 1. The molecule has 1 fully saturated rings. The second kappa shape index (κ2) is 11.2. The largest absolute Gasteiger partial charge is 0.461 e. The first kappa shape index (κ1) is 25.7. The van der Waals surface area contributed by atoms with E-state index in [1.54, 1.807) is 59.0 Å². The monoisotopic (exact) mass is 523 g/mol. The van der Waals surface area contributed by atoms with Crippen LogP contribution in [0.5, 0.6) is 0 Å². The summed E-state index contributed by atoms with van der Waals surface area (Å²) in [6.45, 7) is 4.44. The Morgan fingerprint density at radius 1 is 0.949 bits per heavy atom. The smallest absolute Gasteiger partial charge is 0.358 e. The van der Waals surface area contributed by atoms with Gasteiger partial charge in [0.2, 0.25) is 0 Å². The van der Waals surface area contributed by atoms with E-state index in [0.29, 0.717) is 48.7 Å². The number of piperazine rings is 1. The van der Waals surface area contributed by atoms with E-state index in [-0.39, 0.29) is 24.0 Å². The number of nitrogens with zero attached hydrogens (tertiary/aromatic N) is 5. The molecular formula is C30H26FN5O3. The van der Waals surface area contributed by atoms with Gasteiger partial charge in [0.15, 0.2) is 5.69 Å². The predicted molar refractivity (Wildman–Crippen MR) is 144 cm³/mol. The summed E-state index contributed by atoms with van der Waals surface area (Å²) in [7, 11) is 0. The predicted octanol–water partition coefficient (Wildman–Crippen LogP) is 4.69. The summed E-state index contributed by atoms with van der Waals surface area (Å²) in [6.07, 6.45) is 0. The molecule has 9 heteroatoms. The maximum absolute atomic E-state index is 13.5. The SMILES string of the molecule is CCOC(=O)c1cc(-c2ccc(N3CCN(C(=O)c4cccc(C#N)c4)CC3)cc2)n(-c2ccc(F)cc2)n1. The molecule has 0 saturated carbocycles. The van der Waals surface area contributed by atoms with Gasteiger partial charge < -0.3 is 14.5 Å². The molecule has 1 aliphatic rings. The molecule has 39 heavy (non-hydrogen) atoms. The molecule has 0 spiro atoms. The van der Waals surface area contributed by atoms with Gasteiger partial charge in [-0.05, 0) is 67.6 Å². The molecule has 0 aliphatic carbocycles. The second-order valence-corrected chi connectivity index (χ2v) is 9.04. The van der Waals surface area contributed by atoms with Gasteiger partial charge in [0, 0.05) is 43.0 Å². The number of rotatable bonds is 6. The number of nitriles is 1. The van der Waals surface area contributed by atoms with Crippen molar-refractivity contribution < 1.29 is 18.7 Å². The molecule has 1 aliphatic heterocycles. The maximum atomic E-state index is 13.5. The van der Waals surface area contributed by atoms with Gasteiger partial charge in [-0.15, -0.1) is 0 Å². The van der Waals surface area contributed by atoms with E-state index < -0.39 is 5.97 Å². The lowest BCUT2D eigenvalue weighted by atomic mass is 10.1. The Balaban J connectivity index is 1.32. The highest BCUT2D eigenvalue weighted by Crippen LogP contribution is 2.28. The van der Waals surface area contributed by atoms with Gasteiger partial charge in [-0.3, -0.25) is 4.79 Å². The number of hydrogen-bond acceptors (Lipinski definition) is 6. The lowest BCUT2D eigenvalue weighted by molar-refractivity contribution is 0.0518. The number of aromatic nitrogens is 2. The average molecular weight is 524 g/mol. The minimum Gasteiger partial charge on any atom is -0.461 e. The topological polar surface area (TPSA) is 91.5 Å². The summed E-state index contributed by atoms with van der Waals surface area (Å²) in [4.78, 5) is 29.3. The van der Waals surface area contributed by atoms with Crippen LogP contribution in [0.15, 0.2) is 78.9 Å². The fourth-order valence-electron chi connectivity index (χ4n) is 4.59. The van der Waals surface area contributed by atoms with Crippen LogP contribution in [-0.4, -0.2) is 59.3 Å². The molecule has 2 heterocycles. The van der Waals surface area contributed by atoms with Gasteiger partial charge >= 0.3 is 5.97 Å². The minimum atomic E-state index is -0.525. The van der Waals surface area contributed by atoms with Crippen molar-refractivity contribution in [1.29, 1.82) is 5.26 Å². The van der Waals surface area contributed by atoms with Crippen molar-refractivity contribution >= 4 is 17.6 Å². The molecule has 0 N–H and O–H groups in total. The molecule has 0 radical (unpaired) electrons. The zero-order chi connectivity index (χ0) is 27.4. The first-order valence-electron chi connectivity index (χ1n) is 12.6. The van der Waals surface area contributed by atoms with Gasteiger partial charge in [-0.1, -0.05) is 18.2 Å². The maximum Gasteiger partial charge on any atom is 0.358 e. The molecule has 1 amide bonds. The highest BCUT2D eigenvalue weighted by Gasteiger charge is 2.23. The van der Waals surface area contributed by atoms with Crippen LogP contribution >= 0.6 is 0 Å². The van der Waals surface area contributed by atoms with E-state index in [1.165, 1.54) is 12.1 Å². The first-order valence-corrected chi connectivity index (χ1v) is 12.6. The zero-order valence-electron chi connectivity index (χ0n) is 21.4. The van der Waals surface area contributed by atoms with E-state index in [4.69, 9.17) is 10.00 Å². The van der Waals surface area contributed by atoms with Crippen molar-refractivity contribution in [3.8, 4) is 23.0 Å². The van der Waals surface area contributed by atoms with Crippen LogP contribution in [0.25, 0.3) is 16.9 Å². The third kappa shape index (κ3) is 5.50. The highest BCUT2D eigenvalue weighted by molar-refractivity contribution is 5.94. The molecule has 0 bridgehead atoms. The van der Waals surface area contributed by atoms with E-state index in [1.807, 2.05) is 24.3 Å². The van der Waals surface area contributed by atoms with Gasteiger partial charge in [0.25, 0.3) is 5.91 Å². The second-order valence-electron chi connectivity index (χ2n) is 9.04. The number of ether oxygens (including phenoxy) is 1. The number of carbonyl (C=O) groups is 2. The third-order valence-corrected chi connectivity index (χ3v) is 6.60. The van der Waals surface area contributed by atoms with Crippen LogP contribution in [0.1, 0.15) is 33.3 Å². The Labute approximate surface area is 225 Å².